The first-order valence-electron chi connectivity index (χ1n) is 10.4. The van der Waals surface area contributed by atoms with Gasteiger partial charge in [-0.3, -0.25) is 9.69 Å². The van der Waals surface area contributed by atoms with Gasteiger partial charge in [0.2, 0.25) is 0 Å². The molecule has 150 valence electrons. The maximum atomic E-state index is 13.2. The Hall–Kier alpha value is -2.05. The highest BCUT2D eigenvalue weighted by molar-refractivity contribution is 5.97. The molecule has 3 aliphatic heterocycles. The number of fused-ring (bicyclic) bond motifs is 1. The van der Waals surface area contributed by atoms with Crippen LogP contribution in [0.1, 0.15) is 42.7 Å². The minimum Gasteiger partial charge on any atom is -0.493 e. The van der Waals surface area contributed by atoms with Gasteiger partial charge in [0, 0.05) is 43.7 Å². The summed E-state index contributed by atoms with van der Waals surface area (Å²) < 4.78 is 17.1. The third-order valence-electron chi connectivity index (χ3n) is 6.75. The third-order valence-corrected chi connectivity index (χ3v) is 6.75. The molecular formula is C22H28N2O4. The van der Waals surface area contributed by atoms with E-state index in [1.807, 2.05) is 29.2 Å². The van der Waals surface area contributed by atoms with Gasteiger partial charge in [-0.15, -0.1) is 0 Å². The number of piperidine rings is 1. The van der Waals surface area contributed by atoms with E-state index >= 15 is 0 Å². The van der Waals surface area contributed by atoms with Gasteiger partial charge in [0.1, 0.15) is 0 Å². The monoisotopic (exact) mass is 384 g/mol. The molecule has 0 radical (unpaired) electrons. The van der Waals surface area contributed by atoms with Crippen molar-refractivity contribution in [3.05, 3.63) is 30.0 Å². The quantitative estimate of drug-likeness (QED) is 0.810. The van der Waals surface area contributed by atoms with E-state index in [1.165, 1.54) is 6.42 Å². The average molecular weight is 384 g/mol. The molecule has 1 spiro atoms. The summed E-state index contributed by atoms with van der Waals surface area (Å²) in [6, 6.07) is 7.56. The van der Waals surface area contributed by atoms with E-state index in [0.29, 0.717) is 23.2 Å². The van der Waals surface area contributed by atoms with E-state index < -0.39 is 0 Å². The van der Waals surface area contributed by atoms with Crippen LogP contribution in [0.2, 0.25) is 0 Å². The fourth-order valence-electron chi connectivity index (χ4n) is 5.11. The van der Waals surface area contributed by atoms with E-state index in [9.17, 15) is 4.79 Å². The first-order chi connectivity index (χ1) is 13.7. The van der Waals surface area contributed by atoms with Gasteiger partial charge in [0.25, 0.3) is 5.91 Å². The lowest BCUT2D eigenvalue weighted by atomic mass is 9.77. The van der Waals surface area contributed by atoms with Crippen LogP contribution in [0, 0.1) is 0 Å². The Morgan fingerprint density at radius 3 is 2.96 bits per heavy atom. The van der Waals surface area contributed by atoms with E-state index in [1.54, 1.807) is 7.11 Å². The average Bonchev–Trinajstić information content (AvgIpc) is 3.40. The highest BCUT2D eigenvalue weighted by Crippen LogP contribution is 2.40. The molecule has 3 saturated heterocycles. The second-order valence-corrected chi connectivity index (χ2v) is 8.37. The fraction of sp³-hybridized carbons (Fsp3) is 0.591. The molecule has 2 aromatic rings. The number of carbonyl (C=O) groups excluding carboxylic acids is 1. The van der Waals surface area contributed by atoms with Crippen LogP contribution in [0.25, 0.3) is 11.0 Å². The smallest absolute Gasteiger partial charge is 0.289 e. The molecule has 6 heteroatoms. The summed E-state index contributed by atoms with van der Waals surface area (Å²) in [4.78, 5) is 17.7. The first-order valence-corrected chi connectivity index (χ1v) is 10.4. The van der Waals surface area contributed by atoms with Gasteiger partial charge in [0.05, 0.1) is 13.2 Å². The van der Waals surface area contributed by atoms with Crippen molar-refractivity contribution in [3.63, 3.8) is 0 Å². The molecule has 3 aliphatic rings. The van der Waals surface area contributed by atoms with Crippen LogP contribution in [-0.2, 0) is 4.74 Å². The normalized spacial score (nSPS) is 28.0. The molecule has 1 aromatic carbocycles. The summed E-state index contributed by atoms with van der Waals surface area (Å²) in [6.45, 7) is 4.59. The summed E-state index contributed by atoms with van der Waals surface area (Å²) in [7, 11) is 1.62. The molecule has 28 heavy (non-hydrogen) atoms. The third kappa shape index (κ3) is 2.99. The van der Waals surface area contributed by atoms with Gasteiger partial charge >= 0.3 is 0 Å². The molecule has 2 atom stereocenters. The second kappa shape index (κ2) is 7.08. The number of furan rings is 1. The number of amides is 1. The van der Waals surface area contributed by atoms with Crippen LogP contribution in [-0.4, -0.2) is 67.2 Å². The summed E-state index contributed by atoms with van der Waals surface area (Å²) in [5.41, 5.74) is 0.771. The van der Waals surface area contributed by atoms with Crippen molar-refractivity contribution < 1.29 is 18.7 Å². The number of nitrogens with zero attached hydrogens (tertiary/aromatic N) is 2. The Bertz CT molecular complexity index is 873. The number of para-hydroxylation sites is 1. The lowest BCUT2D eigenvalue weighted by Gasteiger charge is -2.57. The zero-order valence-corrected chi connectivity index (χ0v) is 16.5. The van der Waals surface area contributed by atoms with Crippen LogP contribution in [0.4, 0.5) is 0 Å². The van der Waals surface area contributed by atoms with Crippen molar-refractivity contribution in [2.45, 2.75) is 43.7 Å². The van der Waals surface area contributed by atoms with Crippen LogP contribution < -0.4 is 4.74 Å². The summed E-state index contributed by atoms with van der Waals surface area (Å²) >= 11 is 0. The Labute approximate surface area is 165 Å². The lowest BCUT2D eigenvalue weighted by molar-refractivity contribution is -0.0809. The van der Waals surface area contributed by atoms with Gasteiger partial charge in [-0.25, -0.2) is 0 Å². The molecule has 1 aromatic heterocycles. The molecule has 6 nitrogen and oxygen atoms in total. The molecular weight excluding hydrogens is 356 g/mol. The van der Waals surface area contributed by atoms with Crippen molar-refractivity contribution in [1.82, 2.24) is 9.80 Å². The zero-order chi connectivity index (χ0) is 19.1. The maximum absolute atomic E-state index is 13.2. The number of methoxy groups -OCH3 is 1. The van der Waals surface area contributed by atoms with Gasteiger partial charge in [-0.2, -0.15) is 0 Å². The van der Waals surface area contributed by atoms with Crippen LogP contribution in [0.15, 0.2) is 28.7 Å². The molecule has 0 saturated carbocycles. The molecule has 3 fully saturated rings. The first kappa shape index (κ1) is 18.0. The molecule has 0 unspecified atom stereocenters. The van der Waals surface area contributed by atoms with Crippen molar-refractivity contribution in [2.24, 2.45) is 0 Å². The fourth-order valence-corrected chi connectivity index (χ4v) is 5.11. The summed E-state index contributed by atoms with van der Waals surface area (Å²) in [5, 5.41) is 0.901. The number of ether oxygens (including phenoxy) is 2. The highest BCUT2D eigenvalue weighted by atomic mass is 16.5. The SMILES string of the molecule is COc1cccc2cc(C(=O)N3CCC[C@@]4(CCN4C[C@@H]4CCCO4)C3)oc12. The van der Waals surface area contributed by atoms with Crippen LogP contribution >= 0.6 is 0 Å². The summed E-state index contributed by atoms with van der Waals surface area (Å²) in [6.07, 6.45) is 6.07. The Morgan fingerprint density at radius 1 is 1.29 bits per heavy atom. The van der Waals surface area contributed by atoms with Crippen molar-refractivity contribution in [1.29, 1.82) is 0 Å². The lowest BCUT2D eigenvalue weighted by Crippen LogP contribution is -2.68. The Morgan fingerprint density at radius 2 is 2.21 bits per heavy atom. The minimum atomic E-state index is -0.0127. The minimum absolute atomic E-state index is 0.0127. The number of carbonyl (C=O) groups is 1. The molecule has 4 heterocycles. The Kier molecular flexibility index (Phi) is 4.56. The van der Waals surface area contributed by atoms with Gasteiger partial charge in [-0.1, -0.05) is 12.1 Å². The van der Waals surface area contributed by atoms with Gasteiger partial charge < -0.3 is 18.8 Å². The van der Waals surface area contributed by atoms with E-state index in [-0.39, 0.29) is 11.4 Å². The second-order valence-electron chi connectivity index (χ2n) is 8.37. The van der Waals surface area contributed by atoms with Crippen molar-refractivity contribution in [2.75, 3.05) is 39.9 Å². The van der Waals surface area contributed by atoms with Crippen LogP contribution in [0.5, 0.6) is 5.75 Å². The van der Waals surface area contributed by atoms with E-state index in [0.717, 1.165) is 63.9 Å². The predicted octanol–water partition coefficient (Wildman–Crippen LogP) is 3.30. The zero-order valence-electron chi connectivity index (χ0n) is 16.5. The number of likely N-dealkylation sites (tertiary alicyclic amines) is 2. The molecule has 0 aliphatic carbocycles. The molecule has 0 bridgehead atoms. The molecule has 1 amide bonds. The Balaban J connectivity index is 1.33. The van der Waals surface area contributed by atoms with Gasteiger partial charge in [0.15, 0.2) is 17.1 Å². The van der Waals surface area contributed by atoms with Crippen molar-refractivity contribution >= 4 is 16.9 Å². The standard InChI is InChI=1S/C22H28N2O4/c1-26-18-7-2-5-16-13-19(28-20(16)18)21(25)23-10-4-8-22(15-23)9-11-24(22)14-17-6-3-12-27-17/h2,5,7,13,17H,3-4,6,8-12,14-15H2,1H3/t17-,22+/m0/s1. The van der Waals surface area contributed by atoms with E-state index in [4.69, 9.17) is 13.9 Å². The largest absolute Gasteiger partial charge is 0.493 e. The number of benzene rings is 1. The highest BCUT2D eigenvalue weighted by Gasteiger charge is 2.49. The maximum Gasteiger partial charge on any atom is 0.289 e. The molecule has 5 rings (SSSR count). The number of hydrogen-bond acceptors (Lipinski definition) is 5. The van der Waals surface area contributed by atoms with Gasteiger partial charge in [-0.05, 0) is 44.2 Å². The van der Waals surface area contributed by atoms with E-state index in [2.05, 4.69) is 4.90 Å². The predicted molar refractivity (Wildman–Crippen MR) is 106 cm³/mol. The number of rotatable bonds is 4. The number of hydrogen-bond donors (Lipinski definition) is 0. The van der Waals surface area contributed by atoms with Crippen LogP contribution in [0.3, 0.4) is 0 Å². The molecule has 0 N–H and O–H groups in total. The topological polar surface area (TPSA) is 55.2 Å². The van der Waals surface area contributed by atoms with Crippen molar-refractivity contribution in [3.8, 4) is 5.75 Å². The summed E-state index contributed by atoms with van der Waals surface area (Å²) in [5.74, 6) is 1.05.